The zero-order chi connectivity index (χ0) is 8.20. The maximum absolute atomic E-state index is 10.5. The van der Waals surface area contributed by atoms with Gasteiger partial charge in [0.2, 0.25) is 5.24 Å². The lowest BCUT2D eigenvalue weighted by Gasteiger charge is -1.92. The summed E-state index contributed by atoms with van der Waals surface area (Å²) in [5.74, 6) is 0.0332. The Morgan fingerprint density at radius 2 is 2.00 bits per heavy atom. The molecule has 0 atom stereocenters. The molecule has 0 saturated heterocycles. The predicted molar refractivity (Wildman–Crippen MR) is 39.8 cm³/mol. The second-order valence-corrected chi connectivity index (χ2v) is 4.77. The summed E-state index contributed by atoms with van der Waals surface area (Å²) in [5, 5.41) is -0.483. The van der Waals surface area contributed by atoms with Crippen molar-refractivity contribution in [2.75, 3.05) is 12.0 Å². The van der Waals surface area contributed by atoms with Gasteiger partial charge in [-0.3, -0.25) is 4.79 Å². The third-order valence-electron chi connectivity index (χ3n) is 0.888. The van der Waals surface area contributed by atoms with Gasteiger partial charge < -0.3 is 0 Å². The Kier molecular flexibility index (Phi) is 3.89. The lowest BCUT2D eigenvalue weighted by atomic mass is 10.4. The van der Waals surface area contributed by atoms with Gasteiger partial charge in [-0.25, -0.2) is 8.42 Å². The Morgan fingerprint density at radius 1 is 1.50 bits per heavy atom. The van der Waals surface area contributed by atoms with E-state index >= 15 is 0 Å². The van der Waals surface area contributed by atoms with Crippen LogP contribution in [0.1, 0.15) is 12.8 Å². The van der Waals surface area contributed by atoms with Crippen molar-refractivity contribution in [2.24, 2.45) is 0 Å². The van der Waals surface area contributed by atoms with Crippen LogP contribution >= 0.6 is 11.6 Å². The van der Waals surface area contributed by atoms with Crippen LogP contribution in [0.15, 0.2) is 0 Å². The molecule has 0 unspecified atom stereocenters. The van der Waals surface area contributed by atoms with Crippen LogP contribution in [-0.4, -0.2) is 25.7 Å². The summed E-state index contributed by atoms with van der Waals surface area (Å²) in [7, 11) is -2.93. The minimum Gasteiger partial charge on any atom is -0.281 e. The maximum Gasteiger partial charge on any atom is 0.221 e. The van der Waals surface area contributed by atoms with E-state index in [-0.39, 0.29) is 12.2 Å². The lowest BCUT2D eigenvalue weighted by Crippen LogP contribution is -2.03. The van der Waals surface area contributed by atoms with Crippen LogP contribution in [0, 0.1) is 0 Å². The van der Waals surface area contributed by atoms with E-state index in [4.69, 9.17) is 11.6 Å². The van der Waals surface area contributed by atoms with Crippen LogP contribution < -0.4 is 0 Å². The predicted octanol–water partition coefficient (Wildman–Crippen LogP) is 0.577. The first kappa shape index (κ1) is 9.91. The van der Waals surface area contributed by atoms with E-state index < -0.39 is 15.1 Å². The van der Waals surface area contributed by atoms with Crippen LogP contribution in [0.2, 0.25) is 0 Å². The van der Waals surface area contributed by atoms with Gasteiger partial charge in [0.05, 0.1) is 5.75 Å². The fourth-order valence-electron chi connectivity index (χ4n) is 0.473. The molecule has 0 bridgehead atoms. The Labute approximate surface area is 65.3 Å². The molecule has 0 spiro atoms. The molecule has 0 aliphatic rings. The number of rotatable bonds is 4. The van der Waals surface area contributed by atoms with Crippen molar-refractivity contribution in [3.8, 4) is 0 Å². The number of carbonyl (C=O) groups excluding carboxylic acids is 1. The first-order valence-electron chi connectivity index (χ1n) is 2.78. The summed E-state index contributed by atoms with van der Waals surface area (Å²) in [5.41, 5.74) is 0. The molecule has 0 aromatic rings. The zero-order valence-electron chi connectivity index (χ0n) is 5.63. The standard InChI is InChI=1S/C5H9ClO3S/c1-10(8,9)4-2-3-5(6)7/h2-4H2,1H3. The van der Waals surface area contributed by atoms with E-state index in [1.807, 2.05) is 0 Å². The Hall–Kier alpha value is -0.0900. The summed E-state index contributed by atoms with van der Waals surface area (Å²) in [4.78, 5) is 10.1. The van der Waals surface area contributed by atoms with Gasteiger partial charge in [0, 0.05) is 12.7 Å². The molecule has 0 N–H and O–H groups in total. The molecule has 0 saturated carbocycles. The number of carbonyl (C=O) groups is 1. The van der Waals surface area contributed by atoms with Gasteiger partial charge in [0.15, 0.2) is 0 Å². The normalized spacial score (nSPS) is 11.4. The van der Waals surface area contributed by atoms with Crippen LogP contribution in [0.3, 0.4) is 0 Å². The van der Waals surface area contributed by atoms with Gasteiger partial charge in [-0.2, -0.15) is 0 Å². The van der Waals surface area contributed by atoms with E-state index in [1.165, 1.54) is 0 Å². The Morgan fingerprint density at radius 3 is 2.30 bits per heavy atom. The van der Waals surface area contributed by atoms with Gasteiger partial charge in [-0.1, -0.05) is 0 Å². The van der Waals surface area contributed by atoms with Crippen LogP contribution in [0.4, 0.5) is 0 Å². The largest absolute Gasteiger partial charge is 0.281 e. The fraction of sp³-hybridized carbons (Fsp3) is 0.800. The highest BCUT2D eigenvalue weighted by Gasteiger charge is 2.02. The highest BCUT2D eigenvalue weighted by molar-refractivity contribution is 7.90. The molecule has 60 valence electrons. The van der Waals surface area contributed by atoms with E-state index in [0.717, 1.165) is 6.26 Å². The highest BCUT2D eigenvalue weighted by Crippen LogP contribution is 1.97. The lowest BCUT2D eigenvalue weighted by molar-refractivity contribution is -0.111. The quantitative estimate of drug-likeness (QED) is 0.601. The number of halogens is 1. The van der Waals surface area contributed by atoms with Crippen molar-refractivity contribution in [3.05, 3.63) is 0 Å². The monoisotopic (exact) mass is 184 g/mol. The van der Waals surface area contributed by atoms with Crippen molar-refractivity contribution in [3.63, 3.8) is 0 Å². The van der Waals surface area contributed by atoms with Gasteiger partial charge in [0.25, 0.3) is 0 Å². The third kappa shape index (κ3) is 7.91. The molecule has 3 nitrogen and oxygen atoms in total. The van der Waals surface area contributed by atoms with Crippen molar-refractivity contribution in [2.45, 2.75) is 12.8 Å². The van der Waals surface area contributed by atoms with Crippen molar-refractivity contribution < 1.29 is 13.2 Å². The second kappa shape index (κ2) is 3.93. The highest BCUT2D eigenvalue weighted by atomic mass is 35.5. The first-order chi connectivity index (χ1) is 4.42. The molecule has 0 aliphatic carbocycles. The van der Waals surface area contributed by atoms with E-state index in [0.29, 0.717) is 6.42 Å². The molecular formula is C5H9ClO3S. The van der Waals surface area contributed by atoms with Crippen LogP contribution in [0.5, 0.6) is 0 Å². The van der Waals surface area contributed by atoms with Crippen molar-refractivity contribution in [1.82, 2.24) is 0 Å². The number of hydrogen-bond donors (Lipinski definition) is 0. The average Bonchev–Trinajstić information content (AvgIpc) is 1.59. The minimum atomic E-state index is -2.93. The molecule has 0 fully saturated rings. The molecular weight excluding hydrogens is 176 g/mol. The minimum absolute atomic E-state index is 0.0332. The van der Waals surface area contributed by atoms with E-state index in [2.05, 4.69) is 0 Å². The smallest absolute Gasteiger partial charge is 0.221 e. The Balaban J connectivity index is 3.49. The summed E-state index contributed by atoms with van der Waals surface area (Å²) in [6.07, 6.45) is 1.58. The maximum atomic E-state index is 10.5. The molecule has 0 aliphatic heterocycles. The second-order valence-electron chi connectivity index (χ2n) is 2.09. The first-order valence-corrected chi connectivity index (χ1v) is 5.22. The molecule has 0 radical (unpaired) electrons. The SMILES string of the molecule is CS(=O)(=O)CCCC(=O)Cl. The number of sulfone groups is 1. The molecule has 0 amide bonds. The van der Waals surface area contributed by atoms with E-state index in [9.17, 15) is 13.2 Å². The Bertz CT molecular complexity index is 207. The molecule has 0 aromatic heterocycles. The van der Waals surface area contributed by atoms with Gasteiger partial charge >= 0.3 is 0 Å². The average molecular weight is 185 g/mol. The van der Waals surface area contributed by atoms with Gasteiger partial charge in [0.1, 0.15) is 9.84 Å². The molecule has 0 heterocycles. The molecule has 5 heteroatoms. The van der Waals surface area contributed by atoms with Crippen molar-refractivity contribution >= 4 is 26.7 Å². The molecule has 0 rings (SSSR count). The van der Waals surface area contributed by atoms with Crippen molar-refractivity contribution in [1.29, 1.82) is 0 Å². The summed E-state index contributed by atoms with van der Waals surface area (Å²) in [6.45, 7) is 0. The summed E-state index contributed by atoms with van der Waals surface area (Å²) in [6, 6.07) is 0. The van der Waals surface area contributed by atoms with E-state index in [1.54, 1.807) is 0 Å². The van der Waals surface area contributed by atoms with Crippen LogP contribution in [0.25, 0.3) is 0 Å². The topological polar surface area (TPSA) is 51.2 Å². The molecule has 0 aromatic carbocycles. The van der Waals surface area contributed by atoms with Gasteiger partial charge in [-0.15, -0.1) is 0 Å². The number of hydrogen-bond acceptors (Lipinski definition) is 3. The van der Waals surface area contributed by atoms with Crippen LogP contribution in [-0.2, 0) is 14.6 Å². The molecule has 10 heavy (non-hydrogen) atoms. The fourth-order valence-corrected chi connectivity index (χ4v) is 1.28. The summed E-state index contributed by atoms with van der Waals surface area (Å²) >= 11 is 4.97. The van der Waals surface area contributed by atoms with Gasteiger partial charge in [-0.05, 0) is 18.0 Å². The zero-order valence-corrected chi connectivity index (χ0v) is 7.20. The third-order valence-corrected chi connectivity index (χ3v) is 2.11. The summed E-state index contributed by atoms with van der Waals surface area (Å²) < 4.78 is 20.9.